The van der Waals surface area contributed by atoms with Gasteiger partial charge in [0.2, 0.25) is 0 Å². The molecule has 0 fully saturated rings. The van der Waals surface area contributed by atoms with Gasteiger partial charge in [0.25, 0.3) is 10.0 Å². The monoisotopic (exact) mass is 332 g/mol. The minimum atomic E-state index is -3.89. The van der Waals surface area contributed by atoms with Crippen molar-refractivity contribution in [2.45, 2.75) is 11.8 Å². The highest BCUT2D eigenvalue weighted by Crippen LogP contribution is 2.25. The van der Waals surface area contributed by atoms with Gasteiger partial charge < -0.3 is 5.11 Å². The molecule has 0 aromatic carbocycles. The fraction of sp³-hybridized carbons (Fsp3) is 0.0909. The van der Waals surface area contributed by atoms with Crippen molar-refractivity contribution in [1.82, 2.24) is 4.98 Å². The summed E-state index contributed by atoms with van der Waals surface area (Å²) >= 11 is 6.65. The zero-order chi connectivity index (χ0) is 14.9. The topological polar surface area (TPSA) is 96.4 Å². The number of rotatable bonds is 4. The Morgan fingerprint density at radius 3 is 2.75 bits per heavy atom. The van der Waals surface area contributed by atoms with Gasteiger partial charge in [0, 0.05) is 11.6 Å². The Morgan fingerprint density at radius 2 is 2.15 bits per heavy atom. The number of halogens is 1. The zero-order valence-electron chi connectivity index (χ0n) is 10.1. The van der Waals surface area contributed by atoms with E-state index in [1.165, 1.54) is 17.6 Å². The Kier molecular flexibility index (Phi) is 3.98. The zero-order valence-corrected chi connectivity index (χ0v) is 12.5. The summed E-state index contributed by atoms with van der Waals surface area (Å²) in [6, 6.07) is 2.63. The average molecular weight is 333 g/mol. The molecular weight excluding hydrogens is 324 g/mol. The van der Waals surface area contributed by atoms with Gasteiger partial charge in [-0.05, 0) is 24.6 Å². The average Bonchev–Trinajstić information content (AvgIpc) is 2.84. The van der Waals surface area contributed by atoms with Crippen LogP contribution in [0.2, 0.25) is 5.15 Å². The van der Waals surface area contributed by atoms with E-state index in [1.807, 2.05) is 0 Å². The molecule has 2 aromatic heterocycles. The Balaban J connectivity index is 2.35. The number of pyridine rings is 1. The Bertz CT molecular complexity index is 770. The van der Waals surface area contributed by atoms with Gasteiger partial charge in [0.05, 0.1) is 10.6 Å². The van der Waals surface area contributed by atoms with E-state index >= 15 is 0 Å². The van der Waals surface area contributed by atoms with E-state index in [1.54, 1.807) is 6.92 Å². The first-order valence-electron chi connectivity index (χ1n) is 5.26. The fourth-order valence-corrected chi connectivity index (χ4v) is 3.77. The maximum atomic E-state index is 12.1. The Hall–Kier alpha value is -1.64. The molecule has 0 radical (unpaired) electrons. The molecule has 9 heteroatoms. The van der Waals surface area contributed by atoms with Crippen molar-refractivity contribution in [3.63, 3.8) is 0 Å². The molecule has 0 spiro atoms. The van der Waals surface area contributed by atoms with Crippen molar-refractivity contribution in [2.75, 3.05) is 4.72 Å². The number of hydrogen-bond donors (Lipinski definition) is 2. The van der Waals surface area contributed by atoms with Crippen molar-refractivity contribution in [2.24, 2.45) is 0 Å². The first-order chi connectivity index (χ1) is 9.29. The van der Waals surface area contributed by atoms with E-state index in [-0.39, 0.29) is 20.6 Å². The van der Waals surface area contributed by atoms with Gasteiger partial charge in [-0.3, -0.25) is 4.72 Å². The lowest BCUT2D eigenvalue weighted by molar-refractivity contribution is 0.0702. The highest BCUT2D eigenvalue weighted by atomic mass is 35.5. The van der Waals surface area contributed by atoms with Gasteiger partial charge in [-0.15, -0.1) is 11.3 Å². The number of thiophene rings is 1. The van der Waals surface area contributed by atoms with Gasteiger partial charge in [-0.2, -0.15) is 0 Å². The third-order valence-corrected chi connectivity index (χ3v) is 5.03. The van der Waals surface area contributed by atoms with Crippen LogP contribution in [0.5, 0.6) is 0 Å². The minimum Gasteiger partial charge on any atom is -0.477 e. The van der Waals surface area contributed by atoms with E-state index in [4.69, 9.17) is 16.7 Å². The second kappa shape index (κ2) is 5.39. The van der Waals surface area contributed by atoms with E-state index < -0.39 is 16.0 Å². The van der Waals surface area contributed by atoms with Crippen molar-refractivity contribution >= 4 is 44.6 Å². The van der Waals surface area contributed by atoms with Crippen LogP contribution in [0.1, 0.15) is 15.2 Å². The molecule has 0 aliphatic carbocycles. The molecule has 2 rings (SSSR count). The van der Waals surface area contributed by atoms with Gasteiger partial charge in [0.15, 0.2) is 5.15 Å². The maximum Gasteiger partial charge on any atom is 0.345 e. The van der Waals surface area contributed by atoms with Gasteiger partial charge >= 0.3 is 5.97 Å². The summed E-state index contributed by atoms with van der Waals surface area (Å²) in [5.74, 6) is -1.17. The van der Waals surface area contributed by atoms with Crippen LogP contribution in [-0.4, -0.2) is 24.5 Å². The van der Waals surface area contributed by atoms with Gasteiger partial charge in [0.1, 0.15) is 4.88 Å². The second-order valence-corrected chi connectivity index (χ2v) is 6.86. The molecule has 0 amide bonds. The quantitative estimate of drug-likeness (QED) is 0.839. The number of nitrogens with zero attached hydrogens (tertiary/aromatic N) is 1. The van der Waals surface area contributed by atoms with Crippen molar-refractivity contribution in [3.05, 3.63) is 39.3 Å². The molecule has 0 aliphatic rings. The van der Waals surface area contributed by atoms with E-state index in [0.29, 0.717) is 0 Å². The molecule has 2 heterocycles. The summed E-state index contributed by atoms with van der Waals surface area (Å²) in [5, 5.41) is 10.1. The summed E-state index contributed by atoms with van der Waals surface area (Å²) in [4.78, 5) is 14.4. The molecule has 2 N–H and O–H groups in total. The molecule has 0 unspecified atom stereocenters. The maximum absolute atomic E-state index is 12.1. The number of sulfonamides is 1. The van der Waals surface area contributed by atoms with Crippen LogP contribution in [0.15, 0.2) is 28.6 Å². The number of nitrogens with one attached hydrogen (secondary N) is 1. The summed E-state index contributed by atoms with van der Waals surface area (Å²) < 4.78 is 26.5. The number of aromatic nitrogens is 1. The highest BCUT2D eigenvalue weighted by Gasteiger charge is 2.20. The SMILES string of the molecule is Cc1cnc(Cl)c(NS(=O)(=O)c2csc(C(=O)O)c2)c1. The predicted octanol–water partition coefficient (Wildman–Crippen LogP) is 2.60. The molecule has 0 bridgehead atoms. The van der Waals surface area contributed by atoms with Gasteiger partial charge in [-0.25, -0.2) is 18.2 Å². The second-order valence-electron chi connectivity index (χ2n) is 3.91. The Morgan fingerprint density at radius 1 is 1.45 bits per heavy atom. The Labute approximate surface area is 124 Å². The first kappa shape index (κ1) is 14.8. The van der Waals surface area contributed by atoms with Crippen LogP contribution in [0, 0.1) is 6.92 Å². The number of aromatic carboxylic acids is 1. The molecule has 6 nitrogen and oxygen atoms in total. The first-order valence-corrected chi connectivity index (χ1v) is 8.00. The third-order valence-electron chi connectivity index (χ3n) is 2.32. The number of carbonyl (C=O) groups is 1. The van der Waals surface area contributed by atoms with E-state index in [2.05, 4.69) is 9.71 Å². The van der Waals surface area contributed by atoms with Crippen LogP contribution in [-0.2, 0) is 10.0 Å². The number of hydrogen-bond acceptors (Lipinski definition) is 5. The number of aryl methyl sites for hydroxylation is 1. The molecule has 0 aliphatic heterocycles. The lowest BCUT2D eigenvalue weighted by Gasteiger charge is -2.08. The van der Waals surface area contributed by atoms with Crippen LogP contribution < -0.4 is 4.72 Å². The third kappa shape index (κ3) is 3.09. The van der Waals surface area contributed by atoms with Crippen LogP contribution in [0.25, 0.3) is 0 Å². The number of carboxylic acids is 1. The lowest BCUT2D eigenvalue weighted by atomic mass is 10.3. The molecule has 0 atom stereocenters. The highest BCUT2D eigenvalue weighted by molar-refractivity contribution is 7.92. The molecule has 2 aromatic rings. The van der Waals surface area contributed by atoms with Gasteiger partial charge in [-0.1, -0.05) is 11.6 Å². The summed E-state index contributed by atoms with van der Waals surface area (Å²) in [6.45, 7) is 1.74. The summed E-state index contributed by atoms with van der Waals surface area (Å²) in [5.41, 5.74) is 0.887. The molecular formula is C11H9ClN2O4S2. The van der Waals surface area contributed by atoms with Crippen LogP contribution >= 0.6 is 22.9 Å². The van der Waals surface area contributed by atoms with Crippen LogP contribution in [0.3, 0.4) is 0 Å². The summed E-state index contributed by atoms with van der Waals surface area (Å²) in [7, 11) is -3.89. The molecule has 0 saturated heterocycles. The summed E-state index contributed by atoms with van der Waals surface area (Å²) in [6.07, 6.45) is 1.51. The normalized spacial score (nSPS) is 11.3. The lowest BCUT2D eigenvalue weighted by Crippen LogP contribution is -2.13. The van der Waals surface area contributed by atoms with E-state index in [9.17, 15) is 13.2 Å². The fourth-order valence-electron chi connectivity index (χ4n) is 1.40. The molecule has 0 saturated carbocycles. The smallest absolute Gasteiger partial charge is 0.345 e. The van der Waals surface area contributed by atoms with Crippen LogP contribution in [0.4, 0.5) is 5.69 Å². The largest absolute Gasteiger partial charge is 0.477 e. The van der Waals surface area contributed by atoms with E-state index in [0.717, 1.165) is 23.0 Å². The van der Waals surface area contributed by atoms with Crippen molar-refractivity contribution < 1.29 is 18.3 Å². The standard InChI is InChI=1S/C11H9ClN2O4S2/c1-6-2-8(10(12)13-4-6)14-20(17,18)7-3-9(11(15)16)19-5-7/h2-5,14H,1H3,(H,15,16). The van der Waals surface area contributed by atoms with Crippen molar-refractivity contribution in [1.29, 1.82) is 0 Å². The number of anilines is 1. The predicted molar refractivity (Wildman–Crippen MR) is 76.1 cm³/mol. The molecule has 106 valence electrons. The van der Waals surface area contributed by atoms with Crippen molar-refractivity contribution in [3.8, 4) is 0 Å². The minimum absolute atomic E-state index is 0.0212. The number of carboxylic acid groups (broad SMARTS) is 1. The molecule has 20 heavy (non-hydrogen) atoms.